The van der Waals surface area contributed by atoms with E-state index in [-0.39, 0.29) is 75.4 Å². The van der Waals surface area contributed by atoms with E-state index in [4.69, 9.17) is 18.9 Å². The van der Waals surface area contributed by atoms with Crippen LogP contribution in [0.15, 0.2) is 140 Å². The molecule has 6 aromatic rings. The van der Waals surface area contributed by atoms with Gasteiger partial charge in [-0.2, -0.15) is 26.3 Å². The number of nitrogens with one attached hydrogen (secondary N) is 8. The summed E-state index contributed by atoms with van der Waals surface area (Å²) in [5.41, 5.74) is 2.44. The molecule has 5 aromatic carbocycles. The van der Waals surface area contributed by atoms with E-state index in [1.807, 2.05) is 30.3 Å². The van der Waals surface area contributed by atoms with Crippen LogP contribution >= 0.6 is 0 Å². The molecule has 3 fully saturated rings. The number of rotatable bonds is 26. The lowest BCUT2D eigenvalue weighted by atomic mass is 9.96. The summed E-state index contributed by atoms with van der Waals surface area (Å²) in [5, 5.41) is 22.6. The summed E-state index contributed by atoms with van der Waals surface area (Å²) in [5.74, 6) is -2.23. The lowest BCUT2D eigenvalue weighted by Crippen LogP contribution is -2.49. The number of hydrogen-bond donors (Lipinski definition) is 8. The van der Waals surface area contributed by atoms with Crippen LogP contribution in [0.2, 0.25) is 0 Å². The Morgan fingerprint density at radius 1 is 0.591 bits per heavy atom. The molecule has 27 heteroatoms. The molecule has 0 radical (unpaired) electrons. The molecule has 4 amide bonds. The van der Waals surface area contributed by atoms with Gasteiger partial charge in [0.1, 0.15) is 49.3 Å². The topological polar surface area (TPSA) is 218 Å². The molecule has 500 valence electrons. The minimum atomic E-state index is -4.66. The lowest BCUT2D eigenvalue weighted by molar-refractivity contribution is -0.138. The first-order valence-corrected chi connectivity index (χ1v) is 30.5. The van der Waals surface area contributed by atoms with Crippen LogP contribution in [0.3, 0.4) is 0 Å². The van der Waals surface area contributed by atoms with Crippen LogP contribution in [-0.4, -0.2) is 149 Å². The van der Waals surface area contributed by atoms with Crippen molar-refractivity contribution in [2.75, 3.05) is 93.5 Å². The van der Waals surface area contributed by atoms with Crippen LogP contribution < -0.4 is 42.5 Å². The van der Waals surface area contributed by atoms with Crippen molar-refractivity contribution in [1.29, 1.82) is 0 Å². The largest absolute Gasteiger partial charge is 0.448 e. The van der Waals surface area contributed by atoms with Crippen LogP contribution in [0.4, 0.5) is 71.9 Å². The van der Waals surface area contributed by atoms with Gasteiger partial charge in [0.25, 0.3) is 0 Å². The highest BCUT2D eigenvalue weighted by atomic mass is 19.4. The van der Waals surface area contributed by atoms with Gasteiger partial charge < -0.3 is 66.4 Å². The van der Waals surface area contributed by atoms with Crippen molar-refractivity contribution in [2.24, 2.45) is 0 Å². The summed E-state index contributed by atoms with van der Waals surface area (Å²) in [6.45, 7) is 2.96. The Kier molecular flexibility index (Phi) is 26.5. The number of para-hydroxylation sites is 1. The van der Waals surface area contributed by atoms with Crippen LogP contribution in [0, 0.1) is 17.5 Å². The fourth-order valence-corrected chi connectivity index (χ4v) is 10.6. The van der Waals surface area contributed by atoms with Gasteiger partial charge in [-0.25, -0.2) is 22.8 Å². The highest BCUT2D eigenvalue weighted by molar-refractivity contribution is 5.97. The number of nitrogens with zero attached hydrogens (tertiary/aromatic N) is 2. The molecule has 9 rings (SSSR count). The predicted molar refractivity (Wildman–Crippen MR) is 331 cm³/mol. The van der Waals surface area contributed by atoms with Crippen LogP contribution in [0.5, 0.6) is 0 Å². The average molecular weight is 1310 g/mol. The second kappa shape index (κ2) is 35.0. The quantitative estimate of drug-likeness (QED) is 0.0237. The van der Waals surface area contributed by atoms with Gasteiger partial charge in [0.15, 0.2) is 0 Å². The number of carbonyl (C=O) groups excluding carboxylic acids is 4. The van der Waals surface area contributed by atoms with Gasteiger partial charge in [0.2, 0.25) is 11.8 Å². The number of anilines is 4. The van der Waals surface area contributed by atoms with Gasteiger partial charge in [-0.15, -0.1) is 0 Å². The van der Waals surface area contributed by atoms with Gasteiger partial charge in [-0.3, -0.25) is 14.6 Å². The number of ether oxygens (including phenoxy) is 4. The monoisotopic (exact) mass is 1310 g/mol. The number of benzene rings is 5. The molecule has 0 spiro atoms. The third-order valence-electron chi connectivity index (χ3n) is 15.5. The molecule has 0 saturated carbocycles. The zero-order chi connectivity index (χ0) is 66.2. The Labute approximate surface area is 532 Å². The molecule has 3 aliphatic heterocycles. The highest BCUT2D eigenvalue weighted by Gasteiger charge is 2.36. The Morgan fingerprint density at radius 3 is 1.66 bits per heavy atom. The molecular formula is C66H75F9N10O8. The van der Waals surface area contributed by atoms with Gasteiger partial charge in [-0.1, -0.05) is 66.7 Å². The number of alkyl carbamates (subject to hydrolysis) is 2. The molecule has 4 heterocycles. The van der Waals surface area contributed by atoms with E-state index in [0.29, 0.717) is 60.7 Å². The maximum atomic E-state index is 15.1. The molecule has 93 heavy (non-hydrogen) atoms. The van der Waals surface area contributed by atoms with Crippen molar-refractivity contribution in [2.45, 2.75) is 100 Å². The minimum absolute atomic E-state index is 0.0176. The number of morpholine rings is 2. The fourth-order valence-electron chi connectivity index (χ4n) is 10.6. The van der Waals surface area contributed by atoms with Gasteiger partial charge in [-0.05, 0) is 129 Å². The first kappa shape index (κ1) is 70.4. The number of alkyl halides is 6. The third-order valence-corrected chi connectivity index (χ3v) is 15.5. The minimum Gasteiger partial charge on any atom is -0.448 e. The van der Waals surface area contributed by atoms with Gasteiger partial charge in [0, 0.05) is 61.6 Å². The number of aromatic nitrogens is 1. The molecule has 1 aromatic heterocycles. The van der Waals surface area contributed by atoms with Crippen LogP contribution in [-0.2, 0) is 60.4 Å². The highest BCUT2D eigenvalue weighted by Crippen LogP contribution is 2.37. The van der Waals surface area contributed by atoms with E-state index < -0.39 is 90.1 Å². The van der Waals surface area contributed by atoms with Crippen LogP contribution in [0.25, 0.3) is 0 Å². The first-order chi connectivity index (χ1) is 44.7. The van der Waals surface area contributed by atoms with E-state index in [0.717, 1.165) is 37.5 Å². The lowest BCUT2D eigenvalue weighted by Gasteiger charge is -2.30. The Balaban J connectivity index is 0.000000239. The Morgan fingerprint density at radius 2 is 1.11 bits per heavy atom. The molecular weight excluding hydrogens is 1230 g/mol. The van der Waals surface area contributed by atoms with Gasteiger partial charge >= 0.3 is 24.5 Å². The molecule has 6 atom stereocenters. The number of hydrogen-bond acceptors (Lipinski definition) is 14. The summed E-state index contributed by atoms with van der Waals surface area (Å²) in [4.78, 5) is 56.7. The van der Waals surface area contributed by atoms with E-state index in [1.54, 1.807) is 47.8 Å². The normalized spacial score (nSPS) is 18.2. The Hall–Kier alpha value is -8.50. The van der Waals surface area contributed by atoms with Crippen molar-refractivity contribution in [1.82, 2.24) is 31.2 Å². The van der Waals surface area contributed by atoms with Crippen molar-refractivity contribution >= 4 is 46.8 Å². The molecule has 3 saturated heterocycles. The summed E-state index contributed by atoms with van der Waals surface area (Å²) in [6, 6.07) is 30.3. The number of amides is 4. The number of halogens is 9. The molecule has 8 N–H and O–H groups in total. The third kappa shape index (κ3) is 23.8. The van der Waals surface area contributed by atoms with Crippen molar-refractivity contribution in [3.05, 3.63) is 185 Å². The Bertz CT molecular complexity index is 3300. The maximum absolute atomic E-state index is 15.1. The number of carbonyl (C=O) groups is 4. The summed E-state index contributed by atoms with van der Waals surface area (Å²) in [6.07, 6.45) is -5.32. The SMILES string of the molecule is O=C(NCC(F)(F)F)OC[C@@H]1CO[C@H](CCc2c(N[C@@H](Cc3ccccc3)C(=O)Nc3ccccc3)cccc2C(F)(F)F)CN1.O=C(NCCN1CCCC1)OC[C@@H]1CO[C@H](CCc2c(F)cncc2N[C@@H](Cc2ccc(F)cc2)C(=O)Nc2ccc(F)cc2)CN1. The van der Waals surface area contributed by atoms with Crippen molar-refractivity contribution in [3.8, 4) is 0 Å². The average Bonchev–Trinajstić information content (AvgIpc) is 1.05. The zero-order valence-electron chi connectivity index (χ0n) is 50.7. The first-order valence-electron chi connectivity index (χ1n) is 30.5. The molecule has 3 aliphatic rings. The van der Waals surface area contributed by atoms with E-state index in [2.05, 4.69) is 47.1 Å². The van der Waals surface area contributed by atoms with Crippen molar-refractivity contribution < 1.29 is 77.6 Å². The number of likely N-dealkylation sites (tertiary alicyclic amines) is 1. The summed E-state index contributed by atoms with van der Waals surface area (Å²) >= 11 is 0. The van der Waals surface area contributed by atoms with Crippen molar-refractivity contribution in [3.63, 3.8) is 0 Å². The second-order valence-corrected chi connectivity index (χ2v) is 22.6. The second-order valence-electron chi connectivity index (χ2n) is 22.6. The molecule has 18 nitrogen and oxygen atoms in total. The van der Waals surface area contributed by atoms with E-state index >= 15 is 4.39 Å². The smallest absolute Gasteiger partial charge is 0.416 e. The predicted octanol–water partition coefficient (Wildman–Crippen LogP) is 10.2. The molecule has 0 unspecified atom stereocenters. The maximum Gasteiger partial charge on any atom is 0.416 e. The molecule has 0 aliphatic carbocycles. The molecule has 0 bridgehead atoms. The fraction of sp³-hybridized carbons (Fsp3) is 0.409. The van der Waals surface area contributed by atoms with E-state index in [1.165, 1.54) is 67.6 Å². The summed E-state index contributed by atoms with van der Waals surface area (Å²) < 4.78 is 143. The number of pyridine rings is 1. The van der Waals surface area contributed by atoms with Crippen LogP contribution in [0.1, 0.15) is 53.5 Å². The standard InChI is InChI=1S/C34H41F3N6O4.C32H34F6N4O4/c35-24-5-3-23(4-6-24)17-31(33(44)41-26-9-7-25(36)8-10-26)42-32-20-38-19-30(37)29(32)12-11-28-18-40-27(21-46-28)22-47-34(45)39-13-16-43-14-1-2-15-43;33-31(34,35)20-40-30(44)46-19-23-18-45-24(17-39-23)14-15-25-26(32(36,37)38)12-7-13-27(25)42-28(16-21-8-3-1-4-9-21)29(43)41-22-10-5-2-6-11-22/h3-10,19-20,27-28,31,40,42H,1-2,11-18,21-22H2,(H,39,45)(H,41,44);1-13,23-24,28,39,42H,14-20H2,(H,40,44)(H,41,43)/t27-,28+,31-;23-,24+,28-/m00/s1. The zero-order valence-corrected chi connectivity index (χ0v) is 50.7. The van der Waals surface area contributed by atoms with E-state index in [9.17, 15) is 54.3 Å². The summed E-state index contributed by atoms with van der Waals surface area (Å²) in [7, 11) is 0. The van der Waals surface area contributed by atoms with Gasteiger partial charge in [0.05, 0.1) is 61.1 Å².